The van der Waals surface area contributed by atoms with Crippen LogP contribution in [0.5, 0.6) is 0 Å². The molecule has 0 aliphatic heterocycles. The number of aromatic amines is 1. The third-order valence-electron chi connectivity index (χ3n) is 3.25. The molecule has 1 amide bonds. The van der Waals surface area contributed by atoms with Gasteiger partial charge in [-0.1, -0.05) is 23.7 Å². The summed E-state index contributed by atoms with van der Waals surface area (Å²) in [4.78, 5) is 14.0. The standard InChI is InChI=1S/C16H21ClN4O2/c1-16(23,10-21(2)3)9-18-15(22)14-8-13(19-20-14)11-4-6-12(17)7-5-11/h4-8,23H,9-10H2,1-3H3,(H,18,22)(H,19,20). The molecule has 1 aromatic heterocycles. The first-order chi connectivity index (χ1) is 10.8. The van der Waals surface area contributed by atoms with Crippen LogP contribution in [-0.4, -0.2) is 58.9 Å². The van der Waals surface area contributed by atoms with Gasteiger partial charge in [0.25, 0.3) is 5.91 Å². The number of halogens is 1. The van der Waals surface area contributed by atoms with Gasteiger partial charge in [0.05, 0.1) is 11.3 Å². The molecule has 3 N–H and O–H groups in total. The van der Waals surface area contributed by atoms with Crippen molar-refractivity contribution < 1.29 is 9.90 Å². The lowest BCUT2D eigenvalue weighted by Gasteiger charge is -2.26. The molecule has 1 aromatic carbocycles. The average molecular weight is 337 g/mol. The Hall–Kier alpha value is -1.89. The Morgan fingerprint density at radius 1 is 1.39 bits per heavy atom. The first kappa shape index (κ1) is 17.5. The van der Waals surface area contributed by atoms with E-state index in [1.54, 1.807) is 25.1 Å². The number of H-pyrrole nitrogens is 1. The maximum atomic E-state index is 12.1. The van der Waals surface area contributed by atoms with Crippen molar-refractivity contribution in [3.05, 3.63) is 41.0 Å². The van der Waals surface area contributed by atoms with E-state index in [0.29, 0.717) is 23.0 Å². The van der Waals surface area contributed by atoms with Crippen LogP contribution in [0.2, 0.25) is 5.02 Å². The maximum absolute atomic E-state index is 12.1. The first-order valence-corrected chi connectivity index (χ1v) is 7.61. The molecular formula is C16H21ClN4O2. The van der Waals surface area contributed by atoms with Crippen LogP contribution in [0, 0.1) is 0 Å². The van der Waals surface area contributed by atoms with Gasteiger partial charge in [0.1, 0.15) is 5.69 Å². The zero-order valence-electron chi connectivity index (χ0n) is 13.4. The van der Waals surface area contributed by atoms with Crippen molar-refractivity contribution in [2.45, 2.75) is 12.5 Å². The summed E-state index contributed by atoms with van der Waals surface area (Å²) in [6.07, 6.45) is 0. The second kappa shape index (κ2) is 7.12. The molecule has 7 heteroatoms. The molecule has 6 nitrogen and oxygen atoms in total. The minimum absolute atomic E-state index is 0.152. The Morgan fingerprint density at radius 2 is 2.04 bits per heavy atom. The molecule has 0 spiro atoms. The van der Waals surface area contributed by atoms with E-state index >= 15 is 0 Å². The van der Waals surface area contributed by atoms with Crippen LogP contribution in [0.1, 0.15) is 17.4 Å². The molecule has 0 aliphatic carbocycles. The van der Waals surface area contributed by atoms with Crippen LogP contribution in [0.4, 0.5) is 0 Å². The molecule has 1 heterocycles. The number of aromatic nitrogens is 2. The molecule has 1 atom stereocenters. The van der Waals surface area contributed by atoms with E-state index in [1.807, 2.05) is 31.1 Å². The minimum atomic E-state index is -1.00. The van der Waals surface area contributed by atoms with E-state index in [-0.39, 0.29) is 12.5 Å². The Bertz CT molecular complexity index is 665. The highest BCUT2D eigenvalue weighted by atomic mass is 35.5. The van der Waals surface area contributed by atoms with E-state index in [4.69, 9.17) is 11.6 Å². The summed E-state index contributed by atoms with van der Waals surface area (Å²) in [5.41, 5.74) is 0.866. The van der Waals surface area contributed by atoms with Gasteiger partial charge in [-0.05, 0) is 39.2 Å². The van der Waals surface area contributed by atoms with Gasteiger partial charge < -0.3 is 15.3 Å². The number of hydrogen-bond acceptors (Lipinski definition) is 4. The number of amides is 1. The van der Waals surface area contributed by atoms with E-state index in [0.717, 1.165) is 5.56 Å². The zero-order valence-corrected chi connectivity index (χ0v) is 14.2. The summed E-state index contributed by atoms with van der Waals surface area (Å²) < 4.78 is 0. The monoisotopic (exact) mass is 336 g/mol. The van der Waals surface area contributed by atoms with E-state index < -0.39 is 5.60 Å². The number of nitrogens with one attached hydrogen (secondary N) is 2. The van der Waals surface area contributed by atoms with Gasteiger partial charge in [0.15, 0.2) is 0 Å². The molecule has 0 bridgehead atoms. The topological polar surface area (TPSA) is 81.2 Å². The van der Waals surface area contributed by atoms with Crippen molar-refractivity contribution in [3.63, 3.8) is 0 Å². The Labute approximate surface area is 140 Å². The van der Waals surface area contributed by atoms with Crippen LogP contribution in [0.3, 0.4) is 0 Å². The molecule has 0 saturated carbocycles. The van der Waals surface area contributed by atoms with Gasteiger partial charge in [0, 0.05) is 23.7 Å². The number of benzene rings is 1. The molecule has 0 aliphatic rings. The quantitative estimate of drug-likeness (QED) is 0.751. The van der Waals surface area contributed by atoms with Crippen molar-refractivity contribution in [2.24, 2.45) is 0 Å². The second-order valence-corrected chi connectivity index (χ2v) is 6.53. The highest BCUT2D eigenvalue weighted by Gasteiger charge is 2.23. The lowest BCUT2D eigenvalue weighted by molar-refractivity contribution is 0.0325. The highest BCUT2D eigenvalue weighted by molar-refractivity contribution is 6.30. The number of rotatable bonds is 6. The van der Waals surface area contributed by atoms with Crippen LogP contribution in [0.25, 0.3) is 11.3 Å². The van der Waals surface area contributed by atoms with Crippen molar-refractivity contribution in [2.75, 3.05) is 27.2 Å². The van der Waals surface area contributed by atoms with Gasteiger partial charge in [-0.15, -0.1) is 0 Å². The molecule has 2 rings (SSSR count). The van der Waals surface area contributed by atoms with Gasteiger partial charge in [-0.25, -0.2) is 0 Å². The lowest BCUT2D eigenvalue weighted by atomic mass is 10.1. The number of carbonyl (C=O) groups is 1. The molecule has 124 valence electrons. The zero-order chi connectivity index (χ0) is 17.0. The number of aliphatic hydroxyl groups is 1. The molecule has 1 unspecified atom stereocenters. The van der Waals surface area contributed by atoms with Gasteiger partial charge in [0.2, 0.25) is 0 Å². The number of hydrogen-bond donors (Lipinski definition) is 3. The fourth-order valence-corrected chi connectivity index (χ4v) is 2.44. The number of likely N-dealkylation sites (N-methyl/N-ethyl adjacent to an activating group) is 1. The molecule has 2 aromatic rings. The van der Waals surface area contributed by atoms with Crippen molar-refractivity contribution in [1.29, 1.82) is 0 Å². The smallest absolute Gasteiger partial charge is 0.269 e. The lowest BCUT2D eigenvalue weighted by Crippen LogP contribution is -2.47. The fraction of sp³-hybridized carbons (Fsp3) is 0.375. The average Bonchev–Trinajstić information content (AvgIpc) is 2.94. The third kappa shape index (κ3) is 5.06. The first-order valence-electron chi connectivity index (χ1n) is 7.23. The van der Waals surface area contributed by atoms with Gasteiger partial charge >= 0.3 is 0 Å². The Kier molecular flexibility index (Phi) is 5.41. The minimum Gasteiger partial charge on any atom is -0.387 e. The molecule has 0 fully saturated rings. The summed E-state index contributed by atoms with van der Waals surface area (Å²) >= 11 is 5.86. The molecule has 0 radical (unpaired) electrons. The fourth-order valence-electron chi connectivity index (χ4n) is 2.31. The van der Waals surface area contributed by atoms with Gasteiger partial charge in [-0.3, -0.25) is 9.89 Å². The summed E-state index contributed by atoms with van der Waals surface area (Å²) in [5.74, 6) is -0.309. The van der Waals surface area contributed by atoms with Crippen LogP contribution >= 0.6 is 11.6 Å². The largest absolute Gasteiger partial charge is 0.387 e. The maximum Gasteiger partial charge on any atom is 0.269 e. The van der Waals surface area contributed by atoms with Crippen molar-refractivity contribution in [3.8, 4) is 11.3 Å². The second-order valence-electron chi connectivity index (χ2n) is 6.09. The van der Waals surface area contributed by atoms with E-state index in [2.05, 4.69) is 15.5 Å². The summed E-state index contributed by atoms with van der Waals surface area (Å²) in [6.45, 7) is 2.28. The SMILES string of the molecule is CN(C)CC(C)(O)CNC(=O)c1cc(-c2ccc(Cl)cc2)n[nH]1. The molecule has 0 saturated heterocycles. The van der Waals surface area contributed by atoms with Crippen molar-refractivity contribution in [1.82, 2.24) is 20.4 Å². The number of carbonyl (C=O) groups excluding carboxylic acids is 1. The van der Waals surface area contributed by atoms with Crippen LogP contribution in [-0.2, 0) is 0 Å². The predicted molar refractivity (Wildman–Crippen MR) is 90.5 cm³/mol. The molecular weight excluding hydrogens is 316 g/mol. The van der Waals surface area contributed by atoms with E-state index in [1.165, 1.54) is 0 Å². The van der Waals surface area contributed by atoms with E-state index in [9.17, 15) is 9.90 Å². The summed E-state index contributed by atoms with van der Waals surface area (Å²) in [7, 11) is 3.73. The highest BCUT2D eigenvalue weighted by Crippen LogP contribution is 2.20. The van der Waals surface area contributed by atoms with Crippen LogP contribution < -0.4 is 5.32 Å². The normalized spacial score (nSPS) is 13.8. The summed E-state index contributed by atoms with van der Waals surface area (Å²) in [6, 6.07) is 8.87. The Morgan fingerprint density at radius 3 is 2.65 bits per heavy atom. The molecule has 23 heavy (non-hydrogen) atoms. The van der Waals surface area contributed by atoms with Gasteiger partial charge in [-0.2, -0.15) is 5.10 Å². The number of nitrogens with zero attached hydrogens (tertiary/aromatic N) is 2. The predicted octanol–water partition coefficient (Wildman–Crippen LogP) is 1.77. The van der Waals surface area contributed by atoms with Crippen LogP contribution in [0.15, 0.2) is 30.3 Å². The third-order valence-corrected chi connectivity index (χ3v) is 3.50. The Balaban J connectivity index is 2.00. The summed E-state index contributed by atoms with van der Waals surface area (Å²) in [5, 5.41) is 20.4. The van der Waals surface area contributed by atoms with Crippen molar-refractivity contribution >= 4 is 17.5 Å².